The van der Waals surface area contributed by atoms with Crippen LogP contribution in [0.5, 0.6) is 0 Å². The zero-order chi connectivity index (χ0) is 17.2. The Labute approximate surface area is 148 Å². The van der Waals surface area contributed by atoms with Crippen LogP contribution in [0.4, 0.5) is 0 Å². The maximum atomic E-state index is 2.46. The van der Waals surface area contributed by atoms with Gasteiger partial charge in [-0.15, -0.1) is 0 Å². The molecule has 0 spiro atoms. The third-order valence-electron chi connectivity index (χ3n) is 5.52. The molecule has 0 aromatic carbocycles. The summed E-state index contributed by atoms with van der Waals surface area (Å²) in [6.07, 6.45) is 25.8. The molecule has 1 unspecified atom stereocenters. The predicted octanol–water partition coefficient (Wildman–Crippen LogP) is 8.71. The summed E-state index contributed by atoms with van der Waals surface area (Å²) >= 11 is 0. The van der Waals surface area contributed by atoms with Crippen molar-refractivity contribution in [1.29, 1.82) is 0 Å². The van der Waals surface area contributed by atoms with Crippen LogP contribution in [0.15, 0.2) is 12.2 Å². The predicted molar refractivity (Wildman–Crippen MR) is 108 cm³/mol. The second-order valence-corrected chi connectivity index (χ2v) is 7.57. The van der Waals surface area contributed by atoms with Gasteiger partial charge in [-0.1, -0.05) is 110 Å². The van der Waals surface area contributed by atoms with E-state index < -0.39 is 0 Å². The topological polar surface area (TPSA) is 0 Å². The van der Waals surface area contributed by atoms with E-state index in [4.69, 9.17) is 0 Å². The highest BCUT2D eigenvalue weighted by molar-refractivity contribution is 4.81. The Balaban J connectivity index is 3.28. The first-order chi connectivity index (χ1) is 11.3. The summed E-state index contributed by atoms with van der Waals surface area (Å²) in [5.74, 6) is 1.89. The van der Waals surface area contributed by atoms with E-state index in [1.807, 2.05) is 0 Å². The molecule has 0 aliphatic rings. The zero-order valence-electron chi connectivity index (χ0n) is 16.9. The van der Waals surface area contributed by atoms with Gasteiger partial charge in [-0.25, -0.2) is 0 Å². The van der Waals surface area contributed by atoms with E-state index in [0.717, 1.165) is 11.8 Å². The molecular formula is C23H46. The van der Waals surface area contributed by atoms with Crippen molar-refractivity contribution in [1.82, 2.24) is 0 Å². The van der Waals surface area contributed by atoms with Gasteiger partial charge in [-0.2, -0.15) is 0 Å². The fourth-order valence-corrected chi connectivity index (χ4v) is 3.69. The molecule has 0 bridgehead atoms. The molecule has 0 rings (SSSR count). The Morgan fingerprint density at radius 1 is 0.609 bits per heavy atom. The largest absolute Gasteiger partial charge is 0.0885 e. The highest BCUT2D eigenvalue weighted by atomic mass is 14.2. The van der Waals surface area contributed by atoms with Crippen LogP contribution in [0.25, 0.3) is 0 Å². The quantitative estimate of drug-likeness (QED) is 0.185. The average Bonchev–Trinajstić information content (AvgIpc) is 2.56. The molecule has 0 nitrogen and oxygen atoms in total. The molecular weight excluding hydrogens is 276 g/mol. The van der Waals surface area contributed by atoms with Crippen LogP contribution in [0.2, 0.25) is 0 Å². The van der Waals surface area contributed by atoms with E-state index in [-0.39, 0.29) is 0 Å². The molecule has 0 saturated carbocycles. The molecule has 138 valence electrons. The zero-order valence-corrected chi connectivity index (χ0v) is 16.9. The Morgan fingerprint density at radius 2 is 1.09 bits per heavy atom. The van der Waals surface area contributed by atoms with E-state index in [1.54, 1.807) is 0 Å². The smallest absolute Gasteiger partial charge is 0.0351 e. The minimum absolute atomic E-state index is 0.933. The van der Waals surface area contributed by atoms with E-state index in [1.165, 1.54) is 96.3 Å². The van der Waals surface area contributed by atoms with Gasteiger partial charge in [-0.3, -0.25) is 0 Å². The Morgan fingerprint density at radius 3 is 1.61 bits per heavy atom. The highest BCUT2D eigenvalue weighted by Crippen LogP contribution is 2.24. The minimum atomic E-state index is 0.933. The first-order valence-corrected chi connectivity index (χ1v) is 10.9. The lowest BCUT2D eigenvalue weighted by Crippen LogP contribution is -2.09. The lowest BCUT2D eigenvalue weighted by atomic mass is 9.85. The number of unbranched alkanes of at least 4 members (excludes halogenated alkanes) is 10. The van der Waals surface area contributed by atoms with Gasteiger partial charge in [0.15, 0.2) is 0 Å². The van der Waals surface area contributed by atoms with Crippen molar-refractivity contribution >= 4 is 0 Å². The summed E-state index contributed by atoms with van der Waals surface area (Å²) in [5, 5.41) is 0. The number of hydrogen-bond donors (Lipinski definition) is 0. The molecule has 23 heavy (non-hydrogen) atoms. The van der Waals surface area contributed by atoms with Crippen LogP contribution in [-0.4, -0.2) is 0 Å². The molecule has 0 radical (unpaired) electrons. The van der Waals surface area contributed by atoms with Crippen LogP contribution >= 0.6 is 0 Å². The molecule has 0 aliphatic carbocycles. The average molecular weight is 323 g/mol. The van der Waals surface area contributed by atoms with Crippen LogP contribution in [0.1, 0.15) is 124 Å². The molecule has 0 heterocycles. The summed E-state index contributed by atoms with van der Waals surface area (Å²) in [6, 6.07) is 0. The van der Waals surface area contributed by atoms with Crippen molar-refractivity contribution in [3.8, 4) is 0 Å². The number of allylic oxidation sites excluding steroid dienone is 2. The molecule has 0 aromatic rings. The molecule has 1 atom stereocenters. The van der Waals surface area contributed by atoms with Gasteiger partial charge >= 0.3 is 0 Å². The fraction of sp³-hybridized carbons (Fsp3) is 0.913. The van der Waals surface area contributed by atoms with Gasteiger partial charge in [0.2, 0.25) is 0 Å². The first-order valence-electron chi connectivity index (χ1n) is 10.9. The van der Waals surface area contributed by atoms with Crippen LogP contribution in [0.3, 0.4) is 0 Å². The van der Waals surface area contributed by atoms with E-state index in [0.29, 0.717) is 0 Å². The Kier molecular flexibility index (Phi) is 17.9. The first kappa shape index (κ1) is 22.7. The van der Waals surface area contributed by atoms with Crippen molar-refractivity contribution in [3.63, 3.8) is 0 Å². The third kappa shape index (κ3) is 15.0. The van der Waals surface area contributed by atoms with E-state index in [9.17, 15) is 0 Å². The summed E-state index contributed by atoms with van der Waals surface area (Å²) in [6.45, 7) is 9.45. The highest BCUT2D eigenvalue weighted by Gasteiger charge is 2.12. The molecule has 0 saturated heterocycles. The number of rotatable bonds is 17. The number of hydrogen-bond acceptors (Lipinski definition) is 0. The normalized spacial score (nSPS) is 13.3. The second kappa shape index (κ2) is 18.1. The summed E-state index contributed by atoms with van der Waals surface area (Å²) in [7, 11) is 0. The Hall–Kier alpha value is -0.260. The van der Waals surface area contributed by atoms with Gasteiger partial charge < -0.3 is 0 Å². The summed E-state index contributed by atoms with van der Waals surface area (Å²) < 4.78 is 0. The van der Waals surface area contributed by atoms with Crippen molar-refractivity contribution in [2.45, 2.75) is 124 Å². The summed E-state index contributed by atoms with van der Waals surface area (Å²) in [4.78, 5) is 0. The van der Waals surface area contributed by atoms with Crippen LogP contribution in [-0.2, 0) is 0 Å². The maximum Gasteiger partial charge on any atom is -0.0351 e. The van der Waals surface area contributed by atoms with Crippen molar-refractivity contribution in [2.75, 3.05) is 0 Å². The lowest BCUT2D eigenvalue weighted by molar-refractivity contribution is 0.309. The molecule has 0 fully saturated rings. The molecule has 0 aromatic heterocycles. The van der Waals surface area contributed by atoms with Crippen LogP contribution < -0.4 is 0 Å². The van der Waals surface area contributed by atoms with E-state index in [2.05, 4.69) is 39.8 Å². The van der Waals surface area contributed by atoms with Gasteiger partial charge in [0, 0.05) is 0 Å². The second-order valence-electron chi connectivity index (χ2n) is 7.57. The standard InChI is InChI=1S/C23H46/c1-5-8-9-10-11-12-13-14-15-16-17-18-19-20-21-22(4)23(6-2)7-3/h14-15,22-23H,5-13,16-21H2,1-4H3. The van der Waals surface area contributed by atoms with Gasteiger partial charge in [0.05, 0.1) is 0 Å². The third-order valence-corrected chi connectivity index (χ3v) is 5.52. The van der Waals surface area contributed by atoms with Crippen molar-refractivity contribution < 1.29 is 0 Å². The van der Waals surface area contributed by atoms with Crippen LogP contribution in [0, 0.1) is 11.8 Å². The van der Waals surface area contributed by atoms with Gasteiger partial charge in [0.25, 0.3) is 0 Å². The molecule has 0 heteroatoms. The fourth-order valence-electron chi connectivity index (χ4n) is 3.69. The SMILES string of the molecule is CCCCCCCCC=CCCCCCCC(C)C(CC)CC. The molecule has 0 N–H and O–H groups in total. The van der Waals surface area contributed by atoms with Crippen molar-refractivity contribution in [2.24, 2.45) is 11.8 Å². The van der Waals surface area contributed by atoms with Gasteiger partial charge in [0.1, 0.15) is 0 Å². The maximum absolute atomic E-state index is 2.46. The van der Waals surface area contributed by atoms with Gasteiger partial charge in [-0.05, 0) is 37.5 Å². The van der Waals surface area contributed by atoms with Crippen molar-refractivity contribution in [3.05, 3.63) is 12.2 Å². The molecule has 0 aliphatic heterocycles. The summed E-state index contributed by atoms with van der Waals surface area (Å²) in [5.41, 5.74) is 0. The monoisotopic (exact) mass is 322 g/mol. The Bertz CT molecular complexity index is 236. The minimum Gasteiger partial charge on any atom is -0.0885 e. The van der Waals surface area contributed by atoms with E-state index >= 15 is 0 Å². The molecule has 0 amide bonds. The lowest BCUT2D eigenvalue weighted by Gasteiger charge is -2.20.